The van der Waals surface area contributed by atoms with E-state index in [9.17, 15) is 18.8 Å². The fourth-order valence-electron chi connectivity index (χ4n) is 4.65. The molecule has 1 aliphatic rings. The molecule has 178 valence electrons. The number of aromatic amines is 1. The average molecular weight is 475 g/mol. The van der Waals surface area contributed by atoms with Gasteiger partial charge in [-0.3, -0.25) is 9.48 Å². The Morgan fingerprint density at radius 2 is 2.06 bits per heavy atom. The minimum atomic E-state index is -2.56. The van der Waals surface area contributed by atoms with Crippen molar-refractivity contribution in [3.63, 3.8) is 0 Å². The number of carbonyl (C=O) groups is 1. The Balaban J connectivity index is 1.38. The summed E-state index contributed by atoms with van der Waals surface area (Å²) in [6.45, 7) is 1.43. The second kappa shape index (κ2) is 9.22. The van der Waals surface area contributed by atoms with E-state index in [-0.39, 0.29) is 17.5 Å². The second-order valence-corrected chi connectivity index (χ2v) is 8.80. The molecule has 1 amide bonds. The molecule has 2 aromatic carbocycles. The van der Waals surface area contributed by atoms with Gasteiger partial charge in [0.25, 0.3) is 12.3 Å². The maximum absolute atomic E-state index is 12.8. The van der Waals surface area contributed by atoms with Gasteiger partial charge in [-0.1, -0.05) is 12.1 Å². The molecular weight excluding hydrogens is 450 g/mol. The number of alkyl halides is 2. The smallest absolute Gasteiger partial charge is 0.263 e. The van der Waals surface area contributed by atoms with Crippen LogP contribution in [0.5, 0.6) is 0 Å². The van der Waals surface area contributed by atoms with Crippen LogP contribution < -0.4 is 10.2 Å². The number of piperidine rings is 1. The molecule has 0 bridgehead atoms. The first-order valence-corrected chi connectivity index (χ1v) is 11.4. The zero-order valence-electron chi connectivity index (χ0n) is 19.1. The van der Waals surface area contributed by atoms with Crippen LogP contribution in [0.3, 0.4) is 0 Å². The van der Waals surface area contributed by atoms with Gasteiger partial charge in [0.05, 0.1) is 17.3 Å². The molecule has 1 fully saturated rings. The average Bonchev–Trinajstić information content (AvgIpc) is 3.50. The van der Waals surface area contributed by atoms with Crippen LogP contribution in [0.1, 0.15) is 40.8 Å². The monoisotopic (exact) mass is 474 g/mol. The number of hydrogen-bond acceptors (Lipinski definition) is 4. The van der Waals surface area contributed by atoms with E-state index in [1.807, 2.05) is 31.4 Å². The van der Waals surface area contributed by atoms with Crippen LogP contribution in [0.15, 0.2) is 54.9 Å². The molecule has 9 heteroatoms. The maximum atomic E-state index is 12.8. The highest BCUT2D eigenvalue weighted by Crippen LogP contribution is 2.34. The molecular formula is C26H24F2N6O. The van der Waals surface area contributed by atoms with Crippen molar-refractivity contribution in [1.82, 2.24) is 20.1 Å². The summed E-state index contributed by atoms with van der Waals surface area (Å²) in [7, 11) is 1.85. The Bertz CT molecular complexity index is 1420. The van der Waals surface area contributed by atoms with Crippen LogP contribution in [0.25, 0.3) is 22.2 Å². The van der Waals surface area contributed by atoms with E-state index in [0.717, 1.165) is 47.2 Å². The fraction of sp³-hybridized carbons (Fsp3) is 0.269. The first-order chi connectivity index (χ1) is 16.9. The summed E-state index contributed by atoms with van der Waals surface area (Å²) >= 11 is 0. The normalized spacial score (nSPS) is 16.0. The Hall–Kier alpha value is -4.19. The molecule has 0 radical (unpaired) electrons. The Morgan fingerprint density at radius 3 is 2.74 bits per heavy atom. The van der Waals surface area contributed by atoms with Crippen molar-refractivity contribution in [3.8, 4) is 17.3 Å². The van der Waals surface area contributed by atoms with E-state index in [2.05, 4.69) is 26.4 Å². The van der Waals surface area contributed by atoms with Gasteiger partial charge in [-0.25, -0.2) is 8.78 Å². The summed E-state index contributed by atoms with van der Waals surface area (Å²) in [5.74, 6) is -0.275. The molecule has 0 aliphatic carbocycles. The van der Waals surface area contributed by atoms with Crippen LogP contribution >= 0.6 is 0 Å². The SMILES string of the molecule is Cn1cc(-c2cc3c(N4CCC[C@@H](NC(=O)c5ccc(C(F)F)cc5)C4)ccc(C#N)c3[nH]2)cn1. The number of benzene rings is 2. The maximum Gasteiger partial charge on any atom is 0.263 e. The van der Waals surface area contributed by atoms with Crippen molar-refractivity contribution < 1.29 is 13.6 Å². The summed E-state index contributed by atoms with van der Waals surface area (Å²) in [4.78, 5) is 18.3. The predicted octanol–water partition coefficient (Wildman–Crippen LogP) is 4.78. The van der Waals surface area contributed by atoms with Gasteiger partial charge in [0.15, 0.2) is 0 Å². The third-order valence-electron chi connectivity index (χ3n) is 6.43. The number of rotatable bonds is 5. The molecule has 7 nitrogen and oxygen atoms in total. The van der Waals surface area contributed by atoms with Gasteiger partial charge in [0, 0.05) is 65.8 Å². The molecule has 35 heavy (non-hydrogen) atoms. The number of nitrogens with one attached hydrogen (secondary N) is 2. The summed E-state index contributed by atoms with van der Waals surface area (Å²) in [6.07, 6.45) is 2.84. The van der Waals surface area contributed by atoms with Gasteiger partial charge in [0.1, 0.15) is 6.07 Å². The van der Waals surface area contributed by atoms with E-state index in [0.29, 0.717) is 17.7 Å². The summed E-state index contributed by atoms with van der Waals surface area (Å²) < 4.78 is 27.3. The number of carbonyl (C=O) groups excluding carboxylic acids is 1. The van der Waals surface area contributed by atoms with E-state index in [1.165, 1.54) is 24.3 Å². The van der Waals surface area contributed by atoms with Gasteiger partial charge < -0.3 is 15.2 Å². The van der Waals surface area contributed by atoms with Gasteiger partial charge in [0.2, 0.25) is 0 Å². The standard InChI is InChI=1S/C26H24F2N6O/c1-33-14-19(13-30-33)22-11-21-23(9-8-18(12-29)24(21)32-22)34-10-2-3-20(15-34)31-26(35)17-6-4-16(5-7-17)25(27)28/h4-9,11,13-14,20,25,32H,2-3,10,15H2,1H3,(H,31,35)/t20-/m1/s1. The second-order valence-electron chi connectivity index (χ2n) is 8.80. The highest BCUT2D eigenvalue weighted by Gasteiger charge is 2.24. The van der Waals surface area contributed by atoms with E-state index in [1.54, 1.807) is 10.9 Å². The number of aromatic nitrogens is 3. The molecule has 0 unspecified atom stereocenters. The quantitative estimate of drug-likeness (QED) is 0.436. The number of aryl methyl sites for hydroxylation is 1. The molecule has 1 atom stereocenters. The van der Waals surface area contributed by atoms with Gasteiger partial charge in [-0.05, 0) is 43.2 Å². The first kappa shape index (κ1) is 22.6. The number of amides is 1. The molecule has 5 rings (SSSR count). The third-order valence-corrected chi connectivity index (χ3v) is 6.43. The molecule has 1 saturated heterocycles. The lowest BCUT2D eigenvalue weighted by Crippen LogP contribution is -2.47. The van der Waals surface area contributed by atoms with Crippen molar-refractivity contribution >= 4 is 22.5 Å². The van der Waals surface area contributed by atoms with Gasteiger partial charge in [-0.2, -0.15) is 10.4 Å². The van der Waals surface area contributed by atoms with Crippen LogP contribution in [0.4, 0.5) is 14.5 Å². The summed E-state index contributed by atoms with van der Waals surface area (Å²) in [6, 6.07) is 13.4. The molecule has 4 aromatic rings. The minimum Gasteiger partial charge on any atom is -0.369 e. The molecule has 2 N–H and O–H groups in total. The number of nitriles is 1. The van der Waals surface area contributed by atoms with Crippen LogP contribution in [-0.4, -0.2) is 39.8 Å². The van der Waals surface area contributed by atoms with Crippen molar-refractivity contribution in [3.05, 3.63) is 71.5 Å². The number of halogens is 2. The van der Waals surface area contributed by atoms with Crippen LogP contribution in [0.2, 0.25) is 0 Å². The Morgan fingerprint density at radius 1 is 1.26 bits per heavy atom. The van der Waals surface area contributed by atoms with Crippen LogP contribution in [0, 0.1) is 11.3 Å². The highest BCUT2D eigenvalue weighted by atomic mass is 19.3. The number of H-pyrrole nitrogens is 1. The molecule has 2 aromatic heterocycles. The van der Waals surface area contributed by atoms with Gasteiger partial charge >= 0.3 is 0 Å². The van der Waals surface area contributed by atoms with Crippen molar-refractivity contribution in [2.75, 3.05) is 18.0 Å². The van der Waals surface area contributed by atoms with Crippen molar-refractivity contribution in [2.45, 2.75) is 25.3 Å². The van der Waals surface area contributed by atoms with E-state index < -0.39 is 6.43 Å². The summed E-state index contributed by atoms with van der Waals surface area (Å²) in [5, 5.41) is 17.9. The van der Waals surface area contributed by atoms with E-state index >= 15 is 0 Å². The van der Waals surface area contributed by atoms with Crippen molar-refractivity contribution in [2.24, 2.45) is 7.05 Å². The lowest BCUT2D eigenvalue weighted by atomic mass is 10.0. The third kappa shape index (κ3) is 4.47. The zero-order valence-corrected chi connectivity index (χ0v) is 19.1. The minimum absolute atomic E-state index is 0.0894. The lowest BCUT2D eigenvalue weighted by Gasteiger charge is -2.35. The highest BCUT2D eigenvalue weighted by molar-refractivity contribution is 5.99. The number of nitrogens with zero attached hydrogens (tertiary/aromatic N) is 4. The number of hydrogen-bond donors (Lipinski definition) is 2. The summed E-state index contributed by atoms with van der Waals surface area (Å²) in [5.41, 5.74) is 4.39. The Kier molecular flexibility index (Phi) is 5.95. The molecule has 1 aliphatic heterocycles. The molecule has 0 saturated carbocycles. The number of anilines is 1. The van der Waals surface area contributed by atoms with Crippen LogP contribution in [-0.2, 0) is 7.05 Å². The first-order valence-electron chi connectivity index (χ1n) is 11.4. The Labute approximate surface area is 201 Å². The van der Waals surface area contributed by atoms with E-state index in [4.69, 9.17) is 0 Å². The topological polar surface area (TPSA) is 89.7 Å². The number of fused-ring (bicyclic) bond motifs is 1. The molecule has 3 heterocycles. The van der Waals surface area contributed by atoms with Crippen molar-refractivity contribution in [1.29, 1.82) is 5.26 Å². The predicted molar refractivity (Wildman–Crippen MR) is 129 cm³/mol. The fourth-order valence-corrected chi connectivity index (χ4v) is 4.65. The van der Waals surface area contributed by atoms with Gasteiger partial charge in [-0.15, -0.1) is 0 Å². The zero-order chi connectivity index (χ0) is 24.5. The largest absolute Gasteiger partial charge is 0.369 e. The lowest BCUT2D eigenvalue weighted by molar-refractivity contribution is 0.0932. The molecule has 0 spiro atoms.